The summed E-state index contributed by atoms with van der Waals surface area (Å²) in [6.45, 7) is 4.70. The highest BCUT2D eigenvalue weighted by Gasteiger charge is 2.26. The van der Waals surface area contributed by atoms with Crippen LogP contribution in [0, 0.1) is 0 Å². The predicted molar refractivity (Wildman–Crippen MR) is 113 cm³/mol. The Labute approximate surface area is 170 Å². The van der Waals surface area contributed by atoms with E-state index in [1.807, 2.05) is 47.0 Å². The van der Waals surface area contributed by atoms with Gasteiger partial charge < -0.3 is 10.2 Å². The fraction of sp³-hybridized carbons (Fsp3) is 0.476. The molecule has 0 saturated heterocycles. The molecular weight excluding hydrogens is 372 g/mol. The highest BCUT2D eigenvalue weighted by Crippen LogP contribution is 2.16. The Morgan fingerprint density at radius 2 is 2.04 bits per heavy atom. The Morgan fingerprint density at radius 3 is 2.82 bits per heavy atom. The van der Waals surface area contributed by atoms with Crippen LogP contribution < -0.4 is 5.32 Å². The maximum atomic E-state index is 13.0. The van der Waals surface area contributed by atoms with Crippen LogP contribution in [0.4, 0.5) is 0 Å². The van der Waals surface area contributed by atoms with Crippen LogP contribution in [0.3, 0.4) is 0 Å². The number of rotatable bonds is 9. The standard InChI is InChI=1S/C21H28N4O2S/c1-2-13-28-14-6-10-22-20(26)18-15-19-21(27)24(11-7-12-25(19)23-18)16-17-8-4-3-5-9-17/h3-5,8-9,15H,2,6-7,10-14,16H2,1H3,(H,22,26). The van der Waals surface area contributed by atoms with E-state index in [1.165, 1.54) is 6.42 Å². The van der Waals surface area contributed by atoms with Crippen LogP contribution in [-0.4, -0.2) is 51.1 Å². The van der Waals surface area contributed by atoms with Crippen molar-refractivity contribution < 1.29 is 9.59 Å². The molecule has 28 heavy (non-hydrogen) atoms. The first-order valence-electron chi connectivity index (χ1n) is 9.96. The molecule has 0 aliphatic carbocycles. The molecule has 0 atom stereocenters. The van der Waals surface area contributed by atoms with Crippen molar-refractivity contribution in [2.24, 2.45) is 0 Å². The van der Waals surface area contributed by atoms with E-state index >= 15 is 0 Å². The number of aromatic nitrogens is 2. The number of nitrogens with zero attached hydrogens (tertiary/aromatic N) is 3. The summed E-state index contributed by atoms with van der Waals surface area (Å²) >= 11 is 1.91. The monoisotopic (exact) mass is 400 g/mol. The van der Waals surface area contributed by atoms with Crippen LogP contribution in [0.1, 0.15) is 52.7 Å². The molecule has 0 bridgehead atoms. The zero-order chi connectivity index (χ0) is 19.8. The number of amides is 2. The van der Waals surface area contributed by atoms with E-state index in [0.717, 1.165) is 29.9 Å². The maximum Gasteiger partial charge on any atom is 0.272 e. The Hall–Kier alpha value is -2.28. The summed E-state index contributed by atoms with van der Waals surface area (Å²) in [4.78, 5) is 27.2. The lowest BCUT2D eigenvalue weighted by Crippen LogP contribution is -2.30. The van der Waals surface area contributed by atoms with Gasteiger partial charge in [0.15, 0.2) is 5.69 Å². The summed E-state index contributed by atoms with van der Waals surface area (Å²) in [5, 5.41) is 7.30. The first-order valence-corrected chi connectivity index (χ1v) is 11.1. The van der Waals surface area contributed by atoms with Gasteiger partial charge in [-0.05, 0) is 36.3 Å². The highest BCUT2D eigenvalue weighted by atomic mass is 32.2. The summed E-state index contributed by atoms with van der Waals surface area (Å²) in [6.07, 6.45) is 2.93. The number of hydrogen-bond acceptors (Lipinski definition) is 4. The van der Waals surface area contributed by atoms with E-state index in [0.29, 0.717) is 37.6 Å². The smallest absolute Gasteiger partial charge is 0.272 e. The zero-order valence-corrected chi connectivity index (χ0v) is 17.2. The van der Waals surface area contributed by atoms with E-state index in [-0.39, 0.29) is 11.8 Å². The van der Waals surface area contributed by atoms with Gasteiger partial charge in [0.1, 0.15) is 5.69 Å². The van der Waals surface area contributed by atoms with Crippen LogP contribution in [0.25, 0.3) is 0 Å². The van der Waals surface area contributed by atoms with Crippen LogP contribution >= 0.6 is 11.8 Å². The van der Waals surface area contributed by atoms with Crippen molar-refractivity contribution in [2.75, 3.05) is 24.6 Å². The molecule has 2 aromatic rings. The average molecular weight is 401 g/mol. The number of carbonyl (C=O) groups is 2. The summed E-state index contributed by atoms with van der Waals surface area (Å²) in [7, 11) is 0. The van der Waals surface area contributed by atoms with Crippen LogP contribution in [0.2, 0.25) is 0 Å². The first-order chi connectivity index (χ1) is 13.7. The molecule has 2 amide bonds. The minimum Gasteiger partial charge on any atom is -0.351 e. The lowest BCUT2D eigenvalue weighted by molar-refractivity contribution is 0.0745. The van der Waals surface area contributed by atoms with Crippen LogP contribution in [-0.2, 0) is 13.1 Å². The van der Waals surface area contributed by atoms with E-state index in [9.17, 15) is 9.59 Å². The fourth-order valence-electron chi connectivity index (χ4n) is 3.21. The summed E-state index contributed by atoms with van der Waals surface area (Å²) in [6, 6.07) is 11.6. The van der Waals surface area contributed by atoms with E-state index in [4.69, 9.17) is 0 Å². The third kappa shape index (κ3) is 5.38. The van der Waals surface area contributed by atoms with Crippen molar-refractivity contribution in [1.29, 1.82) is 0 Å². The summed E-state index contributed by atoms with van der Waals surface area (Å²) in [5.74, 6) is 1.93. The van der Waals surface area contributed by atoms with Gasteiger partial charge in [0.05, 0.1) is 0 Å². The quantitative estimate of drug-likeness (QED) is 0.657. The molecule has 1 aliphatic heterocycles. The first kappa shape index (κ1) is 20.5. The Kier molecular flexibility index (Phi) is 7.54. The van der Waals surface area contributed by atoms with Gasteiger partial charge in [0.2, 0.25) is 0 Å². The maximum absolute atomic E-state index is 13.0. The largest absolute Gasteiger partial charge is 0.351 e. The zero-order valence-electron chi connectivity index (χ0n) is 16.4. The van der Waals surface area contributed by atoms with Gasteiger partial charge in [-0.15, -0.1) is 0 Å². The third-order valence-corrected chi connectivity index (χ3v) is 5.91. The molecule has 1 N–H and O–H groups in total. The van der Waals surface area contributed by atoms with Crippen LogP contribution in [0.15, 0.2) is 36.4 Å². The third-order valence-electron chi connectivity index (χ3n) is 4.63. The second kappa shape index (κ2) is 10.3. The molecule has 2 heterocycles. The number of benzene rings is 1. The van der Waals surface area contributed by atoms with Crippen molar-refractivity contribution in [1.82, 2.24) is 20.0 Å². The molecule has 0 unspecified atom stereocenters. The molecule has 150 valence electrons. The topological polar surface area (TPSA) is 67.2 Å². The van der Waals surface area contributed by atoms with Crippen molar-refractivity contribution in [3.8, 4) is 0 Å². The van der Waals surface area contributed by atoms with E-state index in [2.05, 4.69) is 17.3 Å². The molecule has 0 fully saturated rings. The fourth-order valence-corrected chi connectivity index (χ4v) is 4.05. The van der Waals surface area contributed by atoms with Gasteiger partial charge in [-0.2, -0.15) is 16.9 Å². The normalized spacial score (nSPS) is 13.9. The van der Waals surface area contributed by atoms with Crippen molar-refractivity contribution in [3.05, 3.63) is 53.3 Å². The summed E-state index contributed by atoms with van der Waals surface area (Å²) in [5.41, 5.74) is 1.92. The Morgan fingerprint density at radius 1 is 1.21 bits per heavy atom. The van der Waals surface area contributed by atoms with Crippen molar-refractivity contribution in [3.63, 3.8) is 0 Å². The Bertz CT molecular complexity index is 791. The Balaban J connectivity index is 1.60. The van der Waals surface area contributed by atoms with Gasteiger partial charge in [0.25, 0.3) is 11.8 Å². The molecule has 0 saturated carbocycles. The predicted octanol–water partition coefficient (Wildman–Crippen LogP) is 3.19. The van der Waals surface area contributed by atoms with Gasteiger partial charge in [0, 0.05) is 32.2 Å². The number of carbonyl (C=O) groups excluding carboxylic acids is 2. The molecule has 0 spiro atoms. The second-order valence-electron chi connectivity index (χ2n) is 6.93. The SMILES string of the molecule is CCCSCCCNC(=O)c1cc2n(n1)CCCN(Cc1ccccc1)C2=O. The van der Waals surface area contributed by atoms with Gasteiger partial charge >= 0.3 is 0 Å². The molecule has 3 rings (SSSR count). The van der Waals surface area contributed by atoms with Gasteiger partial charge in [-0.3, -0.25) is 14.3 Å². The number of nitrogens with one attached hydrogen (secondary N) is 1. The molecule has 7 heteroatoms. The van der Waals surface area contributed by atoms with Gasteiger partial charge in [-0.25, -0.2) is 0 Å². The number of fused-ring (bicyclic) bond motifs is 1. The van der Waals surface area contributed by atoms with Crippen molar-refractivity contribution in [2.45, 2.75) is 39.3 Å². The number of thioether (sulfide) groups is 1. The minimum absolute atomic E-state index is 0.0659. The van der Waals surface area contributed by atoms with E-state index in [1.54, 1.807) is 10.7 Å². The molecule has 1 aromatic carbocycles. The van der Waals surface area contributed by atoms with Crippen LogP contribution in [0.5, 0.6) is 0 Å². The van der Waals surface area contributed by atoms with E-state index < -0.39 is 0 Å². The minimum atomic E-state index is -0.205. The lowest BCUT2D eigenvalue weighted by atomic mass is 10.2. The summed E-state index contributed by atoms with van der Waals surface area (Å²) < 4.78 is 1.68. The van der Waals surface area contributed by atoms with Crippen molar-refractivity contribution >= 4 is 23.6 Å². The molecule has 1 aromatic heterocycles. The average Bonchev–Trinajstić information content (AvgIpc) is 3.08. The molecule has 0 radical (unpaired) electrons. The second-order valence-corrected chi connectivity index (χ2v) is 8.15. The molecule has 1 aliphatic rings. The molecule has 6 nitrogen and oxygen atoms in total. The van der Waals surface area contributed by atoms with Gasteiger partial charge in [-0.1, -0.05) is 37.3 Å². The highest BCUT2D eigenvalue weighted by molar-refractivity contribution is 7.99. The number of aryl methyl sites for hydroxylation is 1. The molecular formula is C21H28N4O2S. The number of hydrogen-bond donors (Lipinski definition) is 1. The lowest BCUT2D eigenvalue weighted by Gasteiger charge is -2.20.